The number of nitrogens with zero attached hydrogens (tertiary/aromatic N) is 3. The maximum absolute atomic E-state index is 9.80. The summed E-state index contributed by atoms with van der Waals surface area (Å²) in [4.78, 5) is 0. The number of rotatable bonds is 10. The van der Waals surface area contributed by atoms with Gasteiger partial charge in [0.05, 0.1) is 6.20 Å². The van der Waals surface area contributed by atoms with E-state index in [9.17, 15) is 5.11 Å². The van der Waals surface area contributed by atoms with Crippen molar-refractivity contribution >= 4 is 0 Å². The number of unbranched alkanes of at least 4 members (excludes halogenated alkanes) is 7. The zero-order valence-corrected chi connectivity index (χ0v) is 12.7. The fraction of sp³-hybridized carbons (Fsp3) is 0.867. The molecule has 0 fully saturated rings. The molecule has 0 unspecified atom stereocenters. The van der Waals surface area contributed by atoms with Gasteiger partial charge in [-0.3, -0.25) is 4.68 Å². The third kappa shape index (κ3) is 6.71. The Morgan fingerprint density at radius 1 is 1.05 bits per heavy atom. The van der Waals surface area contributed by atoms with Crippen molar-refractivity contribution < 1.29 is 5.11 Å². The van der Waals surface area contributed by atoms with Crippen LogP contribution in [0.5, 0.6) is 0 Å². The van der Waals surface area contributed by atoms with E-state index in [4.69, 9.17) is 0 Å². The van der Waals surface area contributed by atoms with Gasteiger partial charge in [-0.05, 0) is 20.3 Å². The third-order valence-corrected chi connectivity index (χ3v) is 3.41. The highest BCUT2D eigenvalue weighted by Crippen LogP contribution is 2.16. The molecule has 0 saturated heterocycles. The molecule has 0 aromatic carbocycles. The highest BCUT2D eigenvalue weighted by atomic mass is 16.3. The second kappa shape index (κ2) is 8.31. The van der Waals surface area contributed by atoms with Crippen molar-refractivity contribution in [1.29, 1.82) is 0 Å². The lowest BCUT2D eigenvalue weighted by atomic mass is 10.1. The molecule has 4 heteroatoms. The Morgan fingerprint density at radius 2 is 1.63 bits per heavy atom. The number of hydrogen-bond donors (Lipinski definition) is 1. The summed E-state index contributed by atoms with van der Waals surface area (Å²) < 4.78 is 1.84. The normalized spacial score (nSPS) is 12.0. The first-order valence-corrected chi connectivity index (χ1v) is 7.67. The summed E-state index contributed by atoms with van der Waals surface area (Å²) in [6.45, 7) is 6.62. The molecule has 1 aromatic rings. The standard InChI is InChI=1S/C15H29N3O/c1-4-5-6-7-8-9-10-11-12-18-13-14(16-17-18)15(2,3)19/h13,19H,4-12H2,1-3H3. The molecular formula is C15H29N3O. The van der Waals surface area contributed by atoms with Crippen LogP contribution in [0.2, 0.25) is 0 Å². The Balaban J connectivity index is 2.08. The van der Waals surface area contributed by atoms with Crippen LogP contribution in [0, 0.1) is 0 Å². The molecule has 0 aliphatic heterocycles. The van der Waals surface area contributed by atoms with Crippen molar-refractivity contribution in [2.75, 3.05) is 0 Å². The smallest absolute Gasteiger partial charge is 0.114 e. The first kappa shape index (κ1) is 16.2. The van der Waals surface area contributed by atoms with Gasteiger partial charge >= 0.3 is 0 Å². The molecule has 4 nitrogen and oxygen atoms in total. The van der Waals surface area contributed by atoms with Gasteiger partial charge in [-0.15, -0.1) is 5.10 Å². The van der Waals surface area contributed by atoms with Gasteiger partial charge in [0.15, 0.2) is 0 Å². The van der Waals surface area contributed by atoms with Crippen LogP contribution in [-0.4, -0.2) is 20.1 Å². The Morgan fingerprint density at radius 3 is 2.16 bits per heavy atom. The van der Waals surface area contributed by atoms with Crippen LogP contribution in [0.25, 0.3) is 0 Å². The molecular weight excluding hydrogens is 238 g/mol. The minimum Gasteiger partial charge on any atom is -0.384 e. The minimum absolute atomic E-state index is 0.645. The van der Waals surface area contributed by atoms with E-state index in [0.717, 1.165) is 13.0 Å². The maximum atomic E-state index is 9.80. The maximum Gasteiger partial charge on any atom is 0.114 e. The lowest BCUT2D eigenvalue weighted by Gasteiger charge is -2.11. The molecule has 110 valence electrons. The summed E-state index contributed by atoms with van der Waals surface area (Å²) in [6.07, 6.45) is 12.4. The van der Waals surface area contributed by atoms with E-state index in [1.165, 1.54) is 44.9 Å². The molecule has 0 spiro atoms. The molecule has 1 rings (SSSR count). The molecule has 1 aromatic heterocycles. The first-order valence-electron chi connectivity index (χ1n) is 7.67. The first-order chi connectivity index (χ1) is 9.04. The largest absolute Gasteiger partial charge is 0.384 e. The van der Waals surface area contributed by atoms with Gasteiger partial charge in [0, 0.05) is 6.54 Å². The average Bonchev–Trinajstić information content (AvgIpc) is 2.81. The van der Waals surface area contributed by atoms with Gasteiger partial charge in [0.2, 0.25) is 0 Å². The van der Waals surface area contributed by atoms with Crippen LogP contribution in [0.3, 0.4) is 0 Å². The SMILES string of the molecule is CCCCCCCCCCn1cc(C(C)(C)O)nn1. The quantitative estimate of drug-likeness (QED) is 0.658. The summed E-state index contributed by atoms with van der Waals surface area (Å²) in [6, 6.07) is 0. The highest BCUT2D eigenvalue weighted by molar-refractivity contribution is 5.02. The molecule has 1 heterocycles. The minimum atomic E-state index is -0.891. The Labute approximate surface area is 117 Å². The summed E-state index contributed by atoms with van der Waals surface area (Å²) in [5, 5.41) is 17.8. The molecule has 0 aliphatic rings. The average molecular weight is 267 g/mol. The lowest BCUT2D eigenvalue weighted by molar-refractivity contribution is 0.0737. The van der Waals surface area contributed by atoms with Crippen molar-refractivity contribution in [3.63, 3.8) is 0 Å². The monoisotopic (exact) mass is 267 g/mol. The summed E-state index contributed by atoms with van der Waals surface area (Å²) >= 11 is 0. The highest BCUT2D eigenvalue weighted by Gasteiger charge is 2.19. The lowest BCUT2D eigenvalue weighted by Crippen LogP contribution is -2.15. The van der Waals surface area contributed by atoms with Crippen molar-refractivity contribution in [3.8, 4) is 0 Å². The van der Waals surface area contributed by atoms with Crippen molar-refractivity contribution in [3.05, 3.63) is 11.9 Å². The van der Waals surface area contributed by atoms with Crippen LogP contribution in [0.4, 0.5) is 0 Å². The Hall–Kier alpha value is -0.900. The fourth-order valence-corrected chi connectivity index (χ4v) is 2.10. The van der Waals surface area contributed by atoms with E-state index in [-0.39, 0.29) is 0 Å². The van der Waals surface area contributed by atoms with E-state index < -0.39 is 5.60 Å². The van der Waals surface area contributed by atoms with E-state index in [1.54, 1.807) is 13.8 Å². The van der Waals surface area contributed by atoms with Gasteiger partial charge in [-0.1, -0.05) is 57.1 Å². The van der Waals surface area contributed by atoms with Gasteiger partial charge in [0.25, 0.3) is 0 Å². The van der Waals surface area contributed by atoms with Crippen molar-refractivity contribution in [2.24, 2.45) is 0 Å². The summed E-state index contributed by atoms with van der Waals surface area (Å²) in [5.74, 6) is 0. The second-order valence-electron chi connectivity index (χ2n) is 5.90. The van der Waals surface area contributed by atoms with Gasteiger partial charge in [-0.2, -0.15) is 0 Å². The van der Waals surface area contributed by atoms with Crippen LogP contribution >= 0.6 is 0 Å². The predicted molar refractivity (Wildman–Crippen MR) is 77.9 cm³/mol. The zero-order valence-electron chi connectivity index (χ0n) is 12.7. The van der Waals surface area contributed by atoms with Crippen LogP contribution < -0.4 is 0 Å². The summed E-state index contributed by atoms with van der Waals surface area (Å²) in [5.41, 5.74) is -0.246. The molecule has 19 heavy (non-hydrogen) atoms. The molecule has 0 atom stereocenters. The zero-order chi connectivity index (χ0) is 14.1. The number of aliphatic hydroxyl groups is 1. The topological polar surface area (TPSA) is 50.9 Å². The van der Waals surface area contributed by atoms with Gasteiger partial charge in [0.1, 0.15) is 11.3 Å². The van der Waals surface area contributed by atoms with Crippen LogP contribution in [-0.2, 0) is 12.1 Å². The molecule has 0 saturated carbocycles. The van der Waals surface area contributed by atoms with Crippen LogP contribution in [0.15, 0.2) is 6.20 Å². The van der Waals surface area contributed by atoms with E-state index in [2.05, 4.69) is 17.2 Å². The number of aromatic nitrogens is 3. The van der Waals surface area contributed by atoms with Crippen LogP contribution in [0.1, 0.15) is 77.8 Å². The van der Waals surface area contributed by atoms with E-state index in [0.29, 0.717) is 5.69 Å². The van der Waals surface area contributed by atoms with E-state index >= 15 is 0 Å². The third-order valence-electron chi connectivity index (χ3n) is 3.41. The number of hydrogen-bond acceptors (Lipinski definition) is 3. The summed E-state index contributed by atoms with van der Waals surface area (Å²) in [7, 11) is 0. The second-order valence-corrected chi connectivity index (χ2v) is 5.90. The molecule has 0 bridgehead atoms. The molecule has 1 N–H and O–H groups in total. The van der Waals surface area contributed by atoms with E-state index in [1.807, 2.05) is 10.9 Å². The number of aryl methyl sites for hydroxylation is 1. The Kier molecular flexibility index (Phi) is 7.06. The molecule has 0 aliphatic carbocycles. The molecule has 0 radical (unpaired) electrons. The Bertz CT molecular complexity index is 341. The van der Waals surface area contributed by atoms with Gasteiger partial charge in [-0.25, -0.2) is 0 Å². The van der Waals surface area contributed by atoms with Crippen molar-refractivity contribution in [1.82, 2.24) is 15.0 Å². The fourth-order valence-electron chi connectivity index (χ4n) is 2.10. The predicted octanol–water partition coefficient (Wildman–Crippen LogP) is 3.65. The van der Waals surface area contributed by atoms with Gasteiger partial charge < -0.3 is 5.11 Å². The molecule has 0 amide bonds. The van der Waals surface area contributed by atoms with Crippen molar-refractivity contribution in [2.45, 2.75) is 84.3 Å².